The molecule has 1 spiro atoms. The topological polar surface area (TPSA) is 70.1 Å². The molecule has 5 rings (SSSR count). The van der Waals surface area contributed by atoms with Crippen molar-refractivity contribution >= 4 is 17.6 Å². The van der Waals surface area contributed by atoms with Crippen LogP contribution in [-0.4, -0.2) is 48.1 Å². The lowest BCUT2D eigenvalue weighted by molar-refractivity contribution is -0.118. The number of hydrogen-bond acceptors (Lipinski definition) is 4. The zero-order valence-corrected chi connectivity index (χ0v) is 21.6. The number of carbonyl (C=O) groups is 2. The van der Waals surface area contributed by atoms with Crippen LogP contribution in [0.4, 0.5) is 18.9 Å². The Balaban J connectivity index is 1.28. The fourth-order valence-electron chi connectivity index (χ4n) is 5.58. The van der Waals surface area contributed by atoms with E-state index in [4.69, 9.17) is 9.84 Å². The fraction of sp³-hybridized carbons (Fsp3) is 0.333. The summed E-state index contributed by atoms with van der Waals surface area (Å²) in [6.45, 7) is 4.99. The van der Waals surface area contributed by atoms with Gasteiger partial charge in [-0.3, -0.25) is 9.69 Å². The van der Waals surface area contributed by atoms with E-state index < -0.39 is 23.4 Å². The summed E-state index contributed by atoms with van der Waals surface area (Å²) in [6, 6.07) is 13.8. The van der Waals surface area contributed by atoms with Gasteiger partial charge in [-0.15, -0.1) is 0 Å². The van der Waals surface area contributed by atoms with E-state index in [1.54, 1.807) is 23.1 Å². The molecule has 0 atom stereocenters. The van der Waals surface area contributed by atoms with E-state index in [2.05, 4.69) is 4.90 Å². The molecule has 3 aromatic carbocycles. The molecule has 2 saturated heterocycles. The van der Waals surface area contributed by atoms with Crippen LogP contribution in [0.15, 0.2) is 54.6 Å². The van der Waals surface area contributed by atoms with E-state index in [9.17, 15) is 22.8 Å². The quantitative estimate of drug-likeness (QED) is 0.380. The summed E-state index contributed by atoms with van der Waals surface area (Å²) in [5, 5.41) is 9.13. The smallest absolute Gasteiger partial charge is 0.335 e. The standard InChI is InChI=1S/C30H29F3N2O4/c1-2-39-24-12-19(11-21(13-24)22-14-25(31)28(33)26(32)15-22)17-34-9-7-30(8-10-34)16-27(36)35(18-30)23-5-3-20(4-6-23)29(37)38/h3-6,11-15H,2,7-10,16-18H2,1H3,(H,37,38). The van der Waals surface area contributed by atoms with Gasteiger partial charge in [-0.2, -0.15) is 0 Å². The number of halogens is 3. The summed E-state index contributed by atoms with van der Waals surface area (Å²) in [5.41, 5.74) is 2.42. The van der Waals surface area contributed by atoms with Crippen LogP contribution in [-0.2, 0) is 11.3 Å². The Hall–Kier alpha value is -3.85. The number of amides is 1. The number of carbonyl (C=O) groups excluding carboxylic acids is 1. The average Bonchev–Trinajstić information content (AvgIpc) is 3.24. The lowest BCUT2D eigenvalue weighted by atomic mass is 9.77. The molecule has 3 aromatic rings. The number of carboxylic acids is 1. The lowest BCUT2D eigenvalue weighted by Gasteiger charge is -2.39. The van der Waals surface area contributed by atoms with Crippen LogP contribution in [0.3, 0.4) is 0 Å². The number of likely N-dealkylation sites (tertiary alicyclic amines) is 1. The molecule has 2 aliphatic rings. The van der Waals surface area contributed by atoms with Crippen molar-refractivity contribution < 1.29 is 32.6 Å². The van der Waals surface area contributed by atoms with Gasteiger partial charge >= 0.3 is 5.97 Å². The number of aromatic carboxylic acids is 1. The van der Waals surface area contributed by atoms with Gasteiger partial charge in [0.05, 0.1) is 12.2 Å². The highest BCUT2D eigenvalue weighted by Crippen LogP contribution is 2.43. The summed E-state index contributed by atoms with van der Waals surface area (Å²) in [5.74, 6) is -4.38. The van der Waals surface area contributed by atoms with E-state index in [1.807, 2.05) is 19.1 Å². The van der Waals surface area contributed by atoms with Gasteiger partial charge in [0.15, 0.2) is 17.5 Å². The molecule has 39 heavy (non-hydrogen) atoms. The highest BCUT2D eigenvalue weighted by atomic mass is 19.2. The molecule has 0 saturated carbocycles. The zero-order chi connectivity index (χ0) is 27.7. The SMILES string of the molecule is CCOc1cc(CN2CCC3(CC2)CC(=O)N(c2ccc(C(=O)O)cc2)C3)cc(-c2cc(F)c(F)c(F)c2)c1. The number of ether oxygens (including phenoxy) is 1. The van der Waals surface area contributed by atoms with Crippen molar-refractivity contribution in [2.75, 3.05) is 31.1 Å². The van der Waals surface area contributed by atoms with Gasteiger partial charge in [0.2, 0.25) is 5.91 Å². The Morgan fingerprint density at radius 3 is 2.23 bits per heavy atom. The molecule has 2 heterocycles. The van der Waals surface area contributed by atoms with Crippen LogP contribution in [0.5, 0.6) is 5.75 Å². The van der Waals surface area contributed by atoms with E-state index in [0.717, 1.165) is 43.6 Å². The minimum absolute atomic E-state index is 0.0411. The number of piperidine rings is 1. The molecule has 1 amide bonds. The first-order valence-corrected chi connectivity index (χ1v) is 12.9. The van der Waals surface area contributed by atoms with Crippen LogP contribution in [0.1, 0.15) is 42.1 Å². The third-order valence-electron chi connectivity index (χ3n) is 7.66. The summed E-state index contributed by atoms with van der Waals surface area (Å²) < 4.78 is 47.0. The van der Waals surface area contributed by atoms with Crippen molar-refractivity contribution in [1.29, 1.82) is 0 Å². The maximum absolute atomic E-state index is 13.9. The molecule has 0 radical (unpaired) electrons. The highest BCUT2D eigenvalue weighted by molar-refractivity contribution is 5.97. The predicted molar refractivity (Wildman–Crippen MR) is 140 cm³/mol. The third kappa shape index (κ3) is 5.63. The Labute approximate surface area is 224 Å². The molecular weight excluding hydrogens is 509 g/mol. The molecule has 9 heteroatoms. The maximum Gasteiger partial charge on any atom is 0.335 e. The molecule has 2 aliphatic heterocycles. The molecule has 2 fully saturated rings. The molecule has 0 bridgehead atoms. The van der Waals surface area contributed by atoms with Gasteiger partial charge in [0.25, 0.3) is 0 Å². The predicted octanol–water partition coefficient (Wildman–Crippen LogP) is 5.89. The summed E-state index contributed by atoms with van der Waals surface area (Å²) in [6.07, 6.45) is 2.11. The van der Waals surface area contributed by atoms with E-state index >= 15 is 0 Å². The zero-order valence-electron chi connectivity index (χ0n) is 21.6. The number of anilines is 1. The Morgan fingerprint density at radius 1 is 0.974 bits per heavy atom. The van der Waals surface area contributed by atoms with Crippen LogP contribution in [0.25, 0.3) is 11.1 Å². The van der Waals surface area contributed by atoms with Gasteiger partial charge in [-0.1, -0.05) is 0 Å². The van der Waals surface area contributed by atoms with E-state index in [0.29, 0.717) is 43.1 Å². The van der Waals surface area contributed by atoms with Crippen LogP contribution < -0.4 is 9.64 Å². The Bertz CT molecular complexity index is 1380. The molecular formula is C30H29F3N2O4. The largest absolute Gasteiger partial charge is 0.494 e. The number of carboxylic acid groups (broad SMARTS) is 1. The average molecular weight is 539 g/mol. The van der Waals surface area contributed by atoms with Crippen molar-refractivity contribution in [2.45, 2.75) is 32.7 Å². The number of benzene rings is 3. The van der Waals surface area contributed by atoms with Crippen LogP contribution in [0.2, 0.25) is 0 Å². The maximum atomic E-state index is 13.9. The molecule has 0 aromatic heterocycles. The monoisotopic (exact) mass is 538 g/mol. The Kier molecular flexibility index (Phi) is 7.36. The minimum Gasteiger partial charge on any atom is -0.494 e. The second-order valence-corrected chi connectivity index (χ2v) is 10.3. The van der Waals surface area contributed by atoms with Crippen molar-refractivity contribution in [3.8, 4) is 16.9 Å². The first kappa shape index (κ1) is 26.7. The van der Waals surface area contributed by atoms with Crippen molar-refractivity contribution in [1.82, 2.24) is 4.90 Å². The van der Waals surface area contributed by atoms with Gasteiger partial charge in [0, 0.05) is 25.2 Å². The summed E-state index contributed by atoms with van der Waals surface area (Å²) in [4.78, 5) is 28.1. The first-order chi connectivity index (χ1) is 18.7. The molecule has 6 nitrogen and oxygen atoms in total. The molecule has 0 unspecified atom stereocenters. The lowest BCUT2D eigenvalue weighted by Crippen LogP contribution is -2.41. The molecule has 204 valence electrons. The van der Waals surface area contributed by atoms with Crippen LogP contribution in [0, 0.1) is 22.9 Å². The van der Waals surface area contributed by atoms with Gasteiger partial charge in [0.1, 0.15) is 5.75 Å². The van der Waals surface area contributed by atoms with Gasteiger partial charge in [-0.05, 0) is 110 Å². The number of nitrogens with zero attached hydrogens (tertiary/aromatic N) is 2. The second kappa shape index (κ2) is 10.7. The Morgan fingerprint density at radius 2 is 1.62 bits per heavy atom. The normalized spacial score (nSPS) is 17.1. The summed E-state index contributed by atoms with van der Waals surface area (Å²) >= 11 is 0. The van der Waals surface area contributed by atoms with Gasteiger partial charge in [-0.25, -0.2) is 18.0 Å². The van der Waals surface area contributed by atoms with Crippen LogP contribution >= 0.6 is 0 Å². The fourth-order valence-corrected chi connectivity index (χ4v) is 5.58. The first-order valence-electron chi connectivity index (χ1n) is 12.9. The third-order valence-corrected chi connectivity index (χ3v) is 7.66. The highest BCUT2D eigenvalue weighted by Gasteiger charge is 2.45. The summed E-state index contributed by atoms with van der Waals surface area (Å²) in [7, 11) is 0. The molecule has 0 aliphatic carbocycles. The van der Waals surface area contributed by atoms with E-state index in [-0.39, 0.29) is 22.4 Å². The number of hydrogen-bond donors (Lipinski definition) is 1. The van der Waals surface area contributed by atoms with Crippen molar-refractivity contribution in [3.63, 3.8) is 0 Å². The minimum atomic E-state index is -1.50. The van der Waals surface area contributed by atoms with Crippen molar-refractivity contribution in [2.24, 2.45) is 5.41 Å². The van der Waals surface area contributed by atoms with Gasteiger partial charge < -0.3 is 14.7 Å². The number of rotatable bonds is 7. The molecule has 1 N–H and O–H groups in total. The van der Waals surface area contributed by atoms with E-state index in [1.165, 1.54) is 12.1 Å². The van der Waals surface area contributed by atoms with Crippen molar-refractivity contribution in [3.05, 3.63) is 83.2 Å². The second-order valence-electron chi connectivity index (χ2n) is 10.3.